The van der Waals surface area contributed by atoms with E-state index in [9.17, 15) is 9.59 Å². The van der Waals surface area contributed by atoms with E-state index < -0.39 is 0 Å². The molecule has 0 aliphatic carbocycles. The van der Waals surface area contributed by atoms with E-state index in [4.69, 9.17) is 0 Å². The Morgan fingerprint density at radius 2 is 1.81 bits per heavy atom. The minimum absolute atomic E-state index is 0.0137. The van der Waals surface area contributed by atoms with Crippen LogP contribution in [0.5, 0.6) is 0 Å². The van der Waals surface area contributed by atoms with Crippen LogP contribution in [0.3, 0.4) is 0 Å². The van der Waals surface area contributed by atoms with Gasteiger partial charge >= 0.3 is 5.69 Å². The molecule has 0 saturated heterocycles. The summed E-state index contributed by atoms with van der Waals surface area (Å²) in [6.45, 7) is 2.61. The fourth-order valence-corrected chi connectivity index (χ4v) is 3.99. The van der Waals surface area contributed by atoms with E-state index >= 15 is 0 Å². The predicted molar refractivity (Wildman–Crippen MR) is 110 cm³/mol. The minimum atomic E-state index is -0.309. The van der Waals surface area contributed by atoms with Crippen LogP contribution in [0.2, 0.25) is 0 Å². The van der Waals surface area contributed by atoms with Crippen LogP contribution < -0.4 is 16.6 Å². The molecule has 0 saturated carbocycles. The van der Waals surface area contributed by atoms with Crippen molar-refractivity contribution in [2.75, 3.05) is 0 Å². The van der Waals surface area contributed by atoms with Crippen LogP contribution in [0.15, 0.2) is 57.4 Å². The van der Waals surface area contributed by atoms with Gasteiger partial charge in [-0.25, -0.2) is 4.79 Å². The Hall–Kier alpha value is -2.44. The molecular weight excluding hydrogens is 358 g/mol. The van der Waals surface area contributed by atoms with Gasteiger partial charge in [0, 0.05) is 37.3 Å². The van der Waals surface area contributed by atoms with Gasteiger partial charge in [0.2, 0.25) is 0 Å². The van der Waals surface area contributed by atoms with Crippen LogP contribution in [0.4, 0.5) is 0 Å². The van der Waals surface area contributed by atoms with Crippen LogP contribution >= 0.6 is 11.3 Å². The van der Waals surface area contributed by atoms with Crippen molar-refractivity contribution >= 4 is 11.3 Å². The molecular formula is C21H25N3O2S. The highest BCUT2D eigenvalue weighted by Crippen LogP contribution is 2.26. The van der Waals surface area contributed by atoms with Crippen LogP contribution in [-0.4, -0.2) is 9.13 Å². The van der Waals surface area contributed by atoms with Crippen LogP contribution in [0.25, 0.3) is 0 Å². The first-order valence-corrected chi connectivity index (χ1v) is 10.0. The van der Waals surface area contributed by atoms with Gasteiger partial charge in [-0.1, -0.05) is 43.7 Å². The molecule has 3 aromatic rings. The standard InChI is InChI=1S/C21H25N3O2S/c1-4-6-15-8-10-16(11-9-15)20(18-7-5-12-27-18)22-14-17-13-19(25)24(3)21(26)23(17)2/h5,7-13,20,22H,4,6,14H2,1-3H3/t20-/m0/s1. The third-order valence-corrected chi connectivity index (χ3v) is 5.73. The first-order chi connectivity index (χ1) is 13.0. The molecule has 0 fully saturated rings. The third kappa shape index (κ3) is 4.28. The zero-order valence-electron chi connectivity index (χ0n) is 15.9. The van der Waals surface area contributed by atoms with E-state index in [1.165, 1.54) is 33.7 Å². The van der Waals surface area contributed by atoms with Crippen molar-refractivity contribution in [2.45, 2.75) is 32.4 Å². The lowest BCUT2D eigenvalue weighted by atomic mass is 10.0. The number of rotatable bonds is 7. The third-order valence-electron chi connectivity index (χ3n) is 4.79. The molecule has 1 atom stereocenters. The average molecular weight is 384 g/mol. The van der Waals surface area contributed by atoms with Crippen molar-refractivity contribution in [1.82, 2.24) is 14.5 Å². The fraction of sp³-hybridized carbons (Fsp3) is 0.333. The lowest BCUT2D eigenvalue weighted by Gasteiger charge is -2.19. The summed E-state index contributed by atoms with van der Waals surface area (Å²) in [6, 6.07) is 14.3. The molecule has 0 unspecified atom stereocenters. The maximum absolute atomic E-state index is 12.2. The van der Waals surface area contributed by atoms with Crippen molar-refractivity contribution in [3.05, 3.63) is 90.4 Å². The highest BCUT2D eigenvalue weighted by atomic mass is 32.1. The Morgan fingerprint density at radius 3 is 2.44 bits per heavy atom. The SMILES string of the molecule is CCCc1ccc([C@H](NCc2cc(=O)n(C)c(=O)n2C)c2cccs2)cc1. The topological polar surface area (TPSA) is 56.0 Å². The quantitative estimate of drug-likeness (QED) is 0.682. The maximum atomic E-state index is 12.2. The van der Waals surface area contributed by atoms with Crippen LogP contribution in [-0.2, 0) is 27.1 Å². The van der Waals surface area contributed by atoms with Gasteiger partial charge in [0.05, 0.1) is 6.04 Å². The highest BCUT2D eigenvalue weighted by Gasteiger charge is 2.16. The molecule has 6 heteroatoms. The molecule has 3 rings (SSSR count). The fourth-order valence-electron chi connectivity index (χ4n) is 3.16. The summed E-state index contributed by atoms with van der Waals surface area (Å²) in [4.78, 5) is 25.3. The molecule has 0 aliphatic heterocycles. The maximum Gasteiger partial charge on any atom is 0.330 e. The molecule has 2 heterocycles. The molecule has 0 bridgehead atoms. The highest BCUT2D eigenvalue weighted by molar-refractivity contribution is 7.10. The summed E-state index contributed by atoms with van der Waals surface area (Å²) in [6.07, 6.45) is 2.20. The minimum Gasteiger partial charge on any atom is -0.300 e. The molecule has 27 heavy (non-hydrogen) atoms. The molecule has 0 radical (unpaired) electrons. The number of nitrogens with one attached hydrogen (secondary N) is 1. The summed E-state index contributed by atoms with van der Waals surface area (Å²) in [5, 5.41) is 5.58. The molecule has 1 aromatic carbocycles. The Balaban J connectivity index is 1.88. The summed E-state index contributed by atoms with van der Waals surface area (Å²) < 4.78 is 2.64. The van der Waals surface area contributed by atoms with Crippen molar-refractivity contribution in [2.24, 2.45) is 14.1 Å². The average Bonchev–Trinajstić information content (AvgIpc) is 3.20. The smallest absolute Gasteiger partial charge is 0.300 e. The Morgan fingerprint density at radius 1 is 1.07 bits per heavy atom. The van der Waals surface area contributed by atoms with E-state index in [-0.39, 0.29) is 17.3 Å². The zero-order valence-corrected chi connectivity index (χ0v) is 16.8. The van der Waals surface area contributed by atoms with Crippen molar-refractivity contribution < 1.29 is 0 Å². The molecule has 2 aromatic heterocycles. The largest absolute Gasteiger partial charge is 0.330 e. The number of aryl methyl sites for hydroxylation is 1. The second-order valence-electron chi connectivity index (χ2n) is 6.70. The second kappa shape index (κ2) is 8.50. The molecule has 5 nitrogen and oxygen atoms in total. The summed E-state index contributed by atoms with van der Waals surface area (Å²) in [7, 11) is 3.19. The van der Waals surface area contributed by atoms with Crippen molar-refractivity contribution in [3.8, 4) is 0 Å². The van der Waals surface area contributed by atoms with Crippen LogP contribution in [0.1, 0.15) is 41.1 Å². The summed E-state index contributed by atoms with van der Waals surface area (Å²) in [5.74, 6) is 0. The molecule has 0 aliphatic rings. The van der Waals surface area contributed by atoms with Gasteiger partial charge in [-0.2, -0.15) is 0 Å². The van der Waals surface area contributed by atoms with Gasteiger partial charge in [-0.3, -0.25) is 19.2 Å². The molecule has 0 amide bonds. The second-order valence-corrected chi connectivity index (χ2v) is 7.67. The van der Waals surface area contributed by atoms with Crippen LogP contribution in [0, 0.1) is 0 Å². The first kappa shape index (κ1) is 19.3. The number of hydrogen-bond acceptors (Lipinski definition) is 4. The number of aromatic nitrogens is 2. The summed E-state index contributed by atoms with van der Waals surface area (Å²) >= 11 is 1.69. The number of benzene rings is 1. The number of hydrogen-bond donors (Lipinski definition) is 1. The van der Waals surface area contributed by atoms with Crippen molar-refractivity contribution in [1.29, 1.82) is 0 Å². The molecule has 142 valence electrons. The van der Waals surface area contributed by atoms with Gasteiger partial charge in [-0.15, -0.1) is 11.3 Å². The lowest BCUT2D eigenvalue weighted by Crippen LogP contribution is -2.39. The summed E-state index contributed by atoms with van der Waals surface area (Å²) in [5.41, 5.74) is 2.58. The normalized spacial score (nSPS) is 12.3. The Bertz CT molecular complexity index is 1000. The zero-order chi connectivity index (χ0) is 19.4. The van der Waals surface area contributed by atoms with E-state index in [0.717, 1.165) is 17.4 Å². The Kier molecular flexibility index (Phi) is 6.08. The van der Waals surface area contributed by atoms with Gasteiger partial charge in [-0.05, 0) is 29.0 Å². The predicted octanol–water partition coefficient (Wildman–Crippen LogP) is 2.98. The number of thiophene rings is 1. The molecule has 0 spiro atoms. The van der Waals surface area contributed by atoms with E-state index in [1.807, 2.05) is 6.07 Å². The lowest BCUT2D eigenvalue weighted by molar-refractivity contribution is 0.564. The monoisotopic (exact) mass is 383 g/mol. The van der Waals surface area contributed by atoms with E-state index in [0.29, 0.717) is 12.2 Å². The van der Waals surface area contributed by atoms with E-state index in [2.05, 4.69) is 48.0 Å². The van der Waals surface area contributed by atoms with Gasteiger partial charge in [0.15, 0.2) is 0 Å². The van der Waals surface area contributed by atoms with Gasteiger partial charge in [0.25, 0.3) is 5.56 Å². The Labute approximate surface area is 162 Å². The van der Waals surface area contributed by atoms with Gasteiger partial charge < -0.3 is 0 Å². The molecule has 1 N–H and O–H groups in total. The van der Waals surface area contributed by atoms with Gasteiger partial charge in [0.1, 0.15) is 0 Å². The van der Waals surface area contributed by atoms with E-state index in [1.54, 1.807) is 18.4 Å². The number of nitrogens with zero attached hydrogens (tertiary/aromatic N) is 2. The van der Waals surface area contributed by atoms with Crippen molar-refractivity contribution in [3.63, 3.8) is 0 Å². The first-order valence-electron chi connectivity index (χ1n) is 9.12.